The number of morpholine rings is 1. The molecule has 0 radical (unpaired) electrons. The Bertz CT molecular complexity index is 322. The van der Waals surface area contributed by atoms with E-state index in [0.717, 1.165) is 0 Å². The van der Waals surface area contributed by atoms with Gasteiger partial charge in [0.15, 0.2) is 0 Å². The lowest BCUT2D eigenvalue weighted by molar-refractivity contribution is -0.0429. The summed E-state index contributed by atoms with van der Waals surface area (Å²) in [6, 6.07) is 0. The minimum Gasteiger partial charge on any atom is -0.375 e. The Morgan fingerprint density at radius 3 is 2.50 bits per heavy atom. The second kappa shape index (κ2) is 5.02. The molecular formula is C11H21NO3S. The van der Waals surface area contributed by atoms with Crippen LogP contribution < -0.4 is 0 Å². The molecular weight excluding hydrogens is 226 g/mol. The van der Waals surface area contributed by atoms with Crippen LogP contribution in [0.5, 0.6) is 0 Å². The van der Waals surface area contributed by atoms with Gasteiger partial charge in [-0.15, -0.1) is 0 Å². The molecule has 0 aromatic carbocycles. The molecule has 1 atom stereocenters. The fourth-order valence-corrected chi connectivity index (χ4v) is 3.57. The van der Waals surface area contributed by atoms with E-state index in [1.807, 2.05) is 0 Å². The van der Waals surface area contributed by atoms with Crippen LogP contribution in [0, 0.1) is 5.92 Å². The lowest BCUT2D eigenvalue weighted by Gasteiger charge is -2.37. The molecule has 0 aromatic heterocycles. The van der Waals surface area contributed by atoms with Gasteiger partial charge >= 0.3 is 0 Å². The van der Waals surface area contributed by atoms with Crippen molar-refractivity contribution < 1.29 is 13.2 Å². The SMILES string of the molecule is CS(=O)(=O)N1CCOC(C2CCCCC2)C1. The van der Waals surface area contributed by atoms with Crippen LogP contribution in [0.15, 0.2) is 0 Å². The van der Waals surface area contributed by atoms with Crippen LogP contribution in [-0.4, -0.2) is 44.8 Å². The summed E-state index contributed by atoms with van der Waals surface area (Å²) in [5.74, 6) is 0.568. The average Bonchev–Trinajstić information content (AvgIpc) is 2.29. The highest BCUT2D eigenvalue weighted by atomic mass is 32.2. The van der Waals surface area contributed by atoms with E-state index in [4.69, 9.17) is 4.74 Å². The average molecular weight is 247 g/mol. The summed E-state index contributed by atoms with van der Waals surface area (Å²) in [5.41, 5.74) is 0. The van der Waals surface area contributed by atoms with Crippen LogP contribution in [-0.2, 0) is 14.8 Å². The standard InChI is InChI=1S/C11H21NO3S/c1-16(13,14)12-7-8-15-11(9-12)10-5-3-2-4-6-10/h10-11H,2-9H2,1H3. The van der Waals surface area contributed by atoms with E-state index in [2.05, 4.69) is 0 Å². The summed E-state index contributed by atoms with van der Waals surface area (Å²) in [5, 5.41) is 0. The Labute approximate surface area is 98.0 Å². The molecule has 2 fully saturated rings. The zero-order valence-corrected chi connectivity index (χ0v) is 10.7. The molecule has 94 valence electrons. The highest BCUT2D eigenvalue weighted by Gasteiger charge is 2.32. The van der Waals surface area contributed by atoms with Crippen molar-refractivity contribution >= 4 is 10.0 Å². The number of sulfonamides is 1. The van der Waals surface area contributed by atoms with E-state index in [1.54, 1.807) is 4.31 Å². The highest BCUT2D eigenvalue weighted by Crippen LogP contribution is 2.29. The number of nitrogens with zero attached hydrogens (tertiary/aromatic N) is 1. The first-order chi connectivity index (χ1) is 7.57. The van der Waals surface area contributed by atoms with E-state index >= 15 is 0 Å². The predicted octanol–water partition coefficient (Wildman–Crippen LogP) is 1.23. The molecule has 1 unspecified atom stereocenters. The van der Waals surface area contributed by atoms with Crippen LogP contribution in [0.2, 0.25) is 0 Å². The summed E-state index contributed by atoms with van der Waals surface area (Å²) in [6.45, 7) is 1.62. The Hall–Kier alpha value is -0.130. The van der Waals surface area contributed by atoms with E-state index in [1.165, 1.54) is 38.4 Å². The van der Waals surface area contributed by atoms with Gasteiger partial charge in [0.1, 0.15) is 0 Å². The fourth-order valence-electron chi connectivity index (χ4n) is 2.74. The van der Waals surface area contributed by atoms with Gasteiger partial charge in [0.2, 0.25) is 10.0 Å². The van der Waals surface area contributed by atoms with Crippen molar-refractivity contribution in [3.05, 3.63) is 0 Å². The van der Waals surface area contributed by atoms with Gasteiger partial charge < -0.3 is 4.74 Å². The number of rotatable bonds is 2. The topological polar surface area (TPSA) is 46.6 Å². The van der Waals surface area contributed by atoms with Gasteiger partial charge in [-0.1, -0.05) is 19.3 Å². The van der Waals surface area contributed by atoms with E-state index in [0.29, 0.717) is 25.6 Å². The third-order valence-electron chi connectivity index (χ3n) is 3.70. The molecule has 2 aliphatic rings. The zero-order valence-electron chi connectivity index (χ0n) is 9.89. The van der Waals surface area contributed by atoms with Gasteiger partial charge in [-0.2, -0.15) is 4.31 Å². The van der Waals surface area contributed by atoms with Crippen molar-refractivity contribution in [2.75, 3.05) is 26.0 Å². The molecule has 2 rings (SSSR count). The monoisotopic (exact) mass is 247 g/mol. The minimum absolute atomic E-state index is 0.128. The first-order valence-corrected chi connectivity index (χ1v) is 7.99. The maximum Gasteiger partial charge on any atom is 0.211 e. The summed E-state index contributed by atoms with van der Waals surface area (Å²) < 4.78 is 30.3. The maximum atomic E-state index is 11.5. The molecule has 16 heavy (non-hydrogen) atoms. The molecule has 0 amide bonds. The Kier molecular flexibility index (Phi) is 3.87. The highest BCUT2D eigenvalue weighted by molar-refractivity contribution is 7.88. The first-order valence-electron chi connectivity index (χ1n) is 6.14. The fraction of sp³-hybridized carbons (Fsp3) is 1.00. The van der Waals surface area contributed by atoms with Crippen LogP contribution in [0.25, 0.3) is 0 Å². The predicted molar refractivity (Wildman–Crippen MR) is 62.7 cm³/mol. The summed E-state index contributed by atoms with van der Waals surface area (Å²) >= 11 is 0. The molecule has 4 nitrogen and oxygen atoms in total. The van der Waals surface area contributed by atoms with Gasteiger partial charge in [-0.3, -0.25) is 0 Å². The van der Waals surface area contributed by atoms with Crippen molar-refractivity contribution in [3.8, 4) is 0 Å². The third-order valence-corrected chi connectivity index (χ3v) is 4.97. The van der Waals surface area contributed by atoms with Crippen molar-refractivity contribution in [1.82, 2.24) is 4.31 Å². The number of hydrogen-bond donors (Lipinski definition) is 0. The van der Waals surface area contributed by atoms with Crippen molar-refractivity contribution in [2.45, 2.75) is 38.2 Å². The Morgan fingerprint density at radius 1 is 1.19 bits per heavy atom. The van der Waals surface area contributed by atoms with Crippen molar-refractivity contribution in [1.29, 1.82) is 0 Å². The quantitative estimate of drug-likeness (QED) is 0.737. The first kappa shape index (κ1) is 12.3. The van der Waals surface area contributed by atoms with E-state index < -0.39 is 10.0 Å². The molecule has 0 N–H and O–H groups in total. The molecule has 0 bridgehead atoms. The van der Waals surface area contributed by atoms with E-state index in [9.17, 15) is 8.42 Å². The lowest BCUT2D eigenvalue weighted by atomic mass is 9.85. The van der Waals surface area contributed by atoms with Crippen LogP contribution in [0.4, 0.5) is 0 Å². The Balaban J connectivity index is 1.95. The minimum atomic E-state index is -3.04. The van der Waals surface area contributed by atoms with Gasteiger partial charge in [-0.25, -0.2) is 8.42 Å². The zero-order chi connectivity index (χ0) is 11.6. The lowest BCUT2D eigenvalue weighted by Crippen LogP contribution is -2.48. The smallest absolute Gasteiger partial charge is 0.211 e. The second-order valence-electron chi connectivity index (χ2n) is 4.93. The third kappa shape index (κ3) is 2.96. The summed E-state index contributed by atoms with van der Waals surface area (Å²) in [4.78, 5) is 0. The summed E-state index contributed by atoms with van der Waals surface area (Å²) in [7, 11) is -3.04. The van der Waals surface area contributed by atoms with Gasteiger partial charge in [0, 0.05) is 13.1 Å². The number of ether oxygens (including phenoxy) is 1. The molecule has 0 spiro atoms. The van der Waals surface area contributed by atoms with Crippen LogP contribution >= 0.6 is 0 Å². The van der Waals surface area contributed by atoms with Gasteiger partial charge in [0.05, 0.1) is 19.0 Å². The molecule has 5 heteroatoms. The maximum absolute atomic E-state index is 11.5. The van der Waals surface area contributed by atoms with Gasteiger partial charge in [-0.05, 0) is 18.8 Å². The van der Waals surface area contributed by atoms with Crippen molar-refractivity contribution in [3.63, 3.8) is 0 Å². The largest absolute Gasteiger partial charge is 0.375 e. The van der Waals surface area contributed by atoms with Gasteiger partial charge in [0.25, 0.3) is 0 Å². The normalized spacial score (nSPS) is 30.4. The second-order valence-corrected chi connectivity index (χ2v) is 6.91. The molecule has 1 saturated carbocycles. The summed E-state index contributed by atoms with van der Waals surface area (Å²) in [6.07, 6.45) is 7.66. The Morgan fingerprint density at radius 2 is 1.88 bits per heavy atom. The van der Waals surface area contributed by atoms with Crippen LogP contribution in [0.3, 0.4) is 0 Å². The van der Waals surface area contributed by atoms with E-state index in [-0.39, 0.29) is 6.10 Å². The molecule has 1 saturated heterocycles. The van der Waals surface area contributed by atoms with Crippen LogP contribution in [0.1, 0.15) is 32.1 Å². The molecule has 1 aliphatic heterocycles. The molecule has 1 aliphatic carbocycles. The molecule has 0 aromatic rings. The number of hydrogen-bond acceptors (Lipinski definition) is 3. The molecule has 1 heterocycles. The van der Waals surface area contributed by atoms with Crippen molar-refractivity contribution in [2.24, 2.45) is 5.92 Å².